The molecule has 0 radical (unpaired) electrons. The van der Waals surface area contributed by atoms with E-state index in [0.29, 0.717) is 24.6 Å². The molecule has 4 heteroatoms. The molecule has 1 aliphatic heterocycles. The lowest BCUT2D eigenvalue weighted by molar-refractivity contribution is -0.147. The van der Waals surface area contributed by atoms with Crippen molar-refractivity contribution in [3.63, 3.8) is 0 Å². The van der Waals surface area contributed by atoms with Crippen molar-refractivity contribution < 1.29 is 14.3 Å². The zero-order chi connectivity index (χ0) is 12.4. The summed E-state index contributed by atoms with van der Waals surface area (Å²) < 4.78 is 11.1. The second kappa shape index (κ2) is 4.65. The topological polar surface area (TPSA) is 38.8 Å². The van der Waals surface area contributed by atoms with Gasteiger partial charge in [-0.05, 0) is 32.4 Å². The van der Waals surface area contributed by atoms with Gasteiger partial charge in [0.25, 0.3) is 0 Å². The molecule has 0 unspecified atom stereocenters. The average molecular weight is 235 g/mol. The van der Waals surface area contributed by atoms with Crippen LogP contribution in [0.3, 0.4) is 0 Å². The number of benzene rings is 1. The SMILES string of the molecule is CCN(CC)C(=O)[C@@H]1Oc2cccc(C)c2O1. The zero-order valence-corrected chi connectivity index (χ0v) is 10.4. The van der Waals surface area contributed by atoms with Crippen LogP contribution in [0.1, 0.15) is 19.4 Å². The Morgan fingerprint density at radius 3 is 2.59 bits per heavy atom. The minimum atomic E-state index is -0.828. The molecule has 92 valence electrons. The lowest BCUT2D eigenvalue weighted by atomic mass is 10.2. The first-order chi connectivity index (χ1) is 8.17. The lowest BCUT2D eigenvalue weighted by Gasteiger charge is -2.21. The van der Waals surface area contributed by atoms with Gasteiger partial charge in [-0.1, -0.05) is 12.1 Å². The predicted molar refractivity (Wildman–Crippen MR) is 64.2 cm³/mol. The van der Waals surface area contributed by atoms with Gasteiger partial charge in [0.1, 0.15) is 0 Å². The van der Waals surface area contributed by atoms with Crippen LogP contribution in [0.25, 0.3) is 0 Å². The smallest absolute Gasteiger partial charge is 0.321 e. The van der Waals surface area contributed by atoms with Crippen molar-refractivity contribution in [3.8, 4) is 11.5 Å². The van der Waals surface area contributed by atoms with E-state index in [1.54, 1.807) is 4.90 Å². The fourth-order valence-electron chi connectivity index (χ4n) is 1.90. The summed E-state index contributed by atoms with van der Waals surface area (Å²) in [5.74, 6) is 1.21. The molecular weight excluding hydrogens is 218 g/mol. The van der Waals surface area contributed by atoms with Gasteiger partial charge in [-0.15, -0.1) is 0 Å². The third-order valence-electron chi connectivity index (χ3n) is 2.91. The molecule has 1 aromatic carbocycles. The number of nitrogens with zero attached hydrogens (tertiary/aromatic N) is 1. The van der Waals surface area contributed by atoms with Crippen LogP contribution < -0.4 is 9.47 Å². The number of amides is 1. The molecule has 1 aromatic rings. The van der Waals surface area contributed by atoms with Gasteiger partial charge in [-0.25, -0.2) is 0 Å². The number of hydrogen-bond donors (Lipinski definition) is 0. The molecule has 0 bridgehead atoms. The van der Waals surface area contributed by atoms with E-state index in [1.165, 1.54) is 0 Å². The highest BCUT2D eigenvalue weighted by molar-refractivity contribution is 5.81. The number of hydrogen-bond acceptors (Lipinski definition) is 3. The third kappa shape index (κ3) is 2.07. The second-order valence-corrected chi connectivity index (χ2v) is 3.98. The van der Waals surface area contributed by atoms with Gasteiger partial charge in [0, 0.05) is 13.1 Å². The molecule has 1 aliphatic rings. The summed E-state index contributed by atoms with van der Waals surface area (Å²) in [6, 6.07) is 5.64. The van der Waals surface area contributed by atoms with Gasteiger partial charge in [0.15, 0.2) is 11.5 Å². The molecule has 0 saturated carbocycles. The number of rotatable bonds is 3. The fourth-order valence-corrected chi connectivity index (χ4v) is 1.90. The van der Waals surface area contributed by atoms with Crippen LogP contribution >= 0.6 is 0 Å². The molecule has 0 aliphatic carbocycles. The lowest BCUT2D eigenvalue weighted by Crippen LogP contribution is -2.43. The number of fused-ring (bicyclic) bond motifs is 1. The van der Waals surface area contributed by atoms with E-state index in [0.717, 1.165) is 5.56 Å². The Morgan fingerprint density at radius 1 is 1.29 bits per heavy atom. The van der Waals surface area contributed by atoms with Crippen molar-refractivity contribution >= 4 is 5.91 Å². The molecule has 0 saturated heterocycles. The minimum absolute atomic E-state index is 0.120. The van der Waals surface area contributed by atoms with Crippen molar-refractivity contribution in [1.82, 2.24) is 4.90 Å². The summed E-state index contributed by atoms with van der Waals surface area (Å²) in [7, 11) is 0. The summed E-state index contributed by atoms with van der Waals surface area (Å²) >= 11 is 0. The van der Waals surface area contributed by atoms with Crippen LogP contribution in [0.2, 0.25) is 0 Å². The van der Waals surface area contributed by atoms with Crippen molar-refractivity contribution in [1.29, 1.82) is 0 Å². The quantitative estimate of drug-likeness (QED) is 0.804. The average Bonchev–Trinajstić information content (AvgIpc) is 2.76. The Hall–Kier alpha value is -1.71. The van der Waals surface area contributed by atoms with E-state index in [2.05, 4.69) is 0 Å². The van der Waals surface area contributed by atoms with Crippen molar-refractivity contribution in [2.75, 3.05) is 13.1 Å². The van der Waals surface area contributed by atoms with Gasteiger partial charge in [0.2, 0.25) is 0 Å². The van der Waals surface area contributed by atoms with Gasteiger partial charge in [0.05, 0.1) is 0 Å². The van der Waals surface area contributed by atoms with E-state index < -0.39 is 6.29 Å². The zero-order valence-electron chi connectivity index (χ0n) is 10.4. The van der Waals surface area contributed by atoms with Crippen LogP contribution in [-0.4, -0.2) is 30.2 Å². The van der Waals surface area contributed by atoms with Crippen LogP contribution in [0.15, 0.2) is 18.2 Å². The summed E-state index contributed by atoms with van der Waals surface area (Å²) in [5.41, 5.74) is 0.984. The number of para-hydroxylation sites is 1. The summed E-state index contributed by atoms with van der Waals surface area (Å²) in [6.45, 7) is 7.14. The molecule has 4 nitrogen and oxygen atoms in total. The van der Waals surface area contributed by atoms with Crippen LogP contribution in [0, 0.1) is 6.92 Å². The van der Waals surface area contributed by atoms with Crippen molar-refractivity contribution in [3.05, 3.63) is 23.8 Å². The van der Waals surface area contributed by atoms with Crippen molar-refractivity contribution in [2.24, 2.45) is 0 Å². The third-order valence-corrected chi connectivity index (χ3v) is 2.91. The first-order valence-electron chi connectivity index (χ1n) is 5.89. The molecule has 1 heterocycles. The number of carbonyl (C=O) groups is 1. The highest BCUT2D eigenvalue weighted by atomic mass is 16.7. The number of carbonyl (C=O) groups excluding carboxylic acids is 1. The summed E-state index contributed by atoms with van der Waals surface area (Å²) in [4.78, 5) is 13.8. The number of ether oxygens (including phenoxy) is 2. The van der Waals surface area contributed by atoms with E-state index in [9.17, 15) is 4.79 Å². The maximum atomic E-state index is 12.1. The van der Waals surface area contributed by atoms with E-state index >= 15 is 0 Å². The van der Waals surface area contributed by atoms with Gasteiger partial charge >= 0.3 is 12.2 Å². The predicted octanol–water partition coefficient (Wildman–Crippen LogP) is 1.96. The standard InChI is InChI=1S/C13H17NO3/c1-4-14(5-2)12(15)13-16-10-8-6-7-9(3)11(10)17-13/h6-8,13H,4-5H2,1-3H3/t13-/m1/s1. The highest BCUT2D eigenvalue weighted by Crippen LogP contribution is 2.37. The van der Waals surface area contributed by atoms with Gasteiger partial charge < -0.3 is 14.4 Å². The minimum Gasteiger partial charge on any atom is -0.442 e. The van der Waals surface area contributed by atoms with Crippen LogP contribution in [0.5, 0.6) is 11.5 Å². The largest absolute Gasteiger partial charge is 0.442 e. The molecule has 1 amide bonds. The summed E-state index contributed by atoms with van der Waals surface area (Å²) in [6.07, 6.45) is -0.828. The number of aryl methyl sites for hydroxylation is 1. The first-order valence-corrected chi connectivity index (χ1v) is 5.89. The van der Waals surface area contributed by atoms with Crippen LogP contribution in [0.4, 0.5) is 0 Å². The monoisotopic (exact) mass is 235 g/mol. The van der Waals surface area contributed by atoms with Crippen LogP contribution in [-0.2, 0) is 4.79 Å². The van der Waals surface area contributed by atoms with Gasteiger partial charge in [-0.2, -0.15) is 0 Å². The Labute approximate surface area is 101 Å². The maximum absolute atomic E-state index is 12.1. The Kier molecular flexibility index (Phi) is 3.22. The highest BCUT2D eigenvalue weighted by Gasteiger charge is 2.33. The first kappa shape index (κ1) is 11.8. The summed E-state index contributed by atoms with van der Waals surface area (Å²) in [5, 5.41) is 0. The Morgan fingerprint density at radius 2 is 2.00 bits per heavy atom. The van der Waals surface area contributed by atoms with E-state index in [-0.39, 0.29) is 5.91 Å². The maximum Gasteiger partial charge on any atom is 0.321 e. The molecular formula is C13H17NO3. The number of likely N-dealkylation sites (N-methyl/N-ethyl adjacent to an activating group) is 1. The second-order valence-electron chi connectivity index (χ2n) is 3.98. The Bertz CT molecular complexity index is 427. The molecule has 17 heavy (non-hydrogen) atoms. The molecule has 0 aromatic heterocycles. The van der Waals surface area contributed by atoms with E-state index in [4.69, 9.17) is 9.47 Å². The molecule has 0 N–H and O–H groups in total. The normalized spacial score (nSPS) is 17.0. The molecule has 0 spiro atoms. The Balaban J connectivity index is 2.15. The fraction of sp³-hybridized carbons (Fsp3) is 0.462. The van der Waals surface area contributed by atoms with Crippen molar-refractivity contribution in [2.45, 2.75) is 27.1 Å². The van der Waals surface area contributed by atoms with E-state index in [1.807, 2.05) is 39.0 Å². The van der Waals surface area contributed by atoms with Gasteiger partial charge in [-0.3, -0.25) is 4.79 Å². The molecule has 1 atom stereocenters. The molecule has 2 rings (SSSR count). The molecule has 0 fully saturated rings.